The normalized spacial score (nSPS) is 15.8. The Labute approximate surface area is 218 Å². The maximum Gasteiger partial charge on any atom is 0.252 e. The molecule has 8 rings (SSSR count). The number of hydrogen-bond acceptors (Lipinski definition) is 3. The van der Waals surface area contributed by atoms with Gasteiger partial charge in [-0.05, 0) is 78.8 Å². The van der Waals surface area contributed by atoms with Crippen LogP contribution in [0.1, 0.15) is 13.8 Å². The second-order valence-electron chi connectivity index (χ2n) is 10.6. The van der Waals surface area contributed by atoms with Crippen molar-refractivity contribution >= 4 is 62.9 Å². The number of anilines is 7. The third kappa shape index (κ3) is 2.62. The number of fused-ring (bicyclic) bond motifs is 4. The molecule has 5 aromatic carbocycles. The quantitative estimate of drug-likeness (QED) is 0.271. The van der Waals surface area contributed by atoms with Crippen molar-refractivity contribution in [3.05, 3.63) is 121 Å². The van der Waals surface area contributed by atoms with E-state index in [4.69, 9.17) is 0 Å². The summed E-state index contributed by atoms with van der Waals surface area (Å²) < 4.78 is 0. The van der Waals surface area contributed by atoms with Gasteiger partial charge in [0.15, 0.2) is 0 Å². The largest absolute Gasteiger partial charge is 0.317 e. The van der Waals surface area contributed by atoms with Crippen molar-refractivity contribution in [2.24, 2.45) is 0 Å². The summed E-state index contributed by atoms with van der Waals surface area (Å²) in [7, 11) is 0. The van der Waals surface area contributed by atoms with E-state index in [9.17, 15) is 0 Å². The molecule has 3 heterocycles. The summed E-state index contributed by atoms with van der Waals surface area (Å²) >= 11 is 0. The van der Waals surface area contributed by atoms with Gasteiger partial charge in [-0.2, -0.15) is 0 Å². The summed E-state index contributed by atoms with van der Waals surface area (Å²) in [6.45, 7) is 4.87. The van der Waals surface area contributed by atoms with Crippen LogP contribution < -0.4 is 31.1 Å². The molecule has 0 unspecified atom stereocenters. The SMILES string of the molecule is CC1(C)N(c2ccccc2)c2cccc3c2N1c1cccc2c1B3c1ccccc1N2c1ccccc1. The molecule has 3 aliphatic rings. The molecule has 0 amide bonds. The fourth-order valence-corrected chi connectivity index (χ4v) is 6.95. The smallest absolute Gasteiger partial charge is 0.252 e. The number of benzene rings is 5. The summed E-state index contributed by atoms with van der Waals surface area (Å²) in [5, 5.41) is 0. The predicted molar refractivity (Wildman–Crippen MR) is 157 cm³/mol. The highest BCUT2D eigenvalue weighted by atomic mass is 15.5. The Kier molecular flexibility index (Phi) is 4.09. The van der Waals surface area contributed by atoms with E-state index in [0.29, 0.717) is 0 Å². The minimum absolute atomic E-state index is 0.181. The molecule has 0 N–H and O–H groups in total. The fourth-order valence-electron chi connectivity index (χ4n) is 6.95. The molecule has 37 heavy (non-hydrogen) atoms. The second-order valence-corrected chi connectivity index (χ2v) is 10.6. The Morgan fingerprint density at radius 2 is 1.05 bits per heavy atom. The van der Waals surface area contributed by atoms with Crippen molar-refractivity contribution in [2.75, 3.05) is 14.7 Å². The molecule has 3 aliphatic heterocycles. The first-order valence-electron chi connectivity index (χ1n) is 13.0. The molecule has 0 aliphatic carbocycles. The lowest BCUT2D eigenvalue weighted by atomic mass is 9.33. The zero-order chi connectivity index (χ0) is 24.7. The van der Waals surface area contributed by atoms with Gasteiger partial charge in [0.05, 0.1) is 11.4 Å². The van der Waals surface area contributed by atoms with E-state index < -0.39 is 0 Å². The molecule has 0 bridgehead atoms. The van der Waals surface area contributed by atoms with Crippen molar-refractivity contribution < 1.29 is 0 Å². The van der Waals surface area contributed by atoms with E-state index in [1.54, 1.807) is 0 Å². The topological polar surface area (TPSA) is 9.72 Å². The van der Waals surface area contributed by atoms with Crippen LogP contribution in [0.5, 0.6) is 0 Å². The van der Waals surface area contributed by atoms with Crippen LogP contribution in [0.25, 0.3) is 0 Å². The Hall–Kier alpha value is -4.44. The zero-order valence-corrected chi connectivity index (χ0v) is 21.0. The third-order valence-corrected chi connectivity index (χ3v) is 8.26. The first-order valence-corrected chi connectivity index (χ1v) is 13.0. The lowest BCUT2D eigenvalue weighted by Gasteiger charge is -2.47. The van der Waals surface area contributed by atoms with Gasteiger partial charge in [-0.25, -0.2) is 0 Å². The first kappa shape index (κ1) is 20.7. The molecule has 0 saturated carbocycles. The molecule has 0 fully saturated rings. The first-order chi connectivity index (χ1) is 18.2. The van der Waals surface area contributed by atoms with Gasteiger partial charge in [0.2, 0.25) is 0 Å². The lowest BCUT2D eigenvalue weighted by molar-refractivity contribution is 0.541. The van der Waals surface area contributed by atoms with Crippen LogP contribution in [0, 0.1) is 0 Å². The van der Waals surface area contributed by atoms with Crippen molar-refractivity contribution in [1.29, 1.82) is 0 Å². The highest BCUT2D eigenvalue weighted by Crippen LogP contribution is 2.54. The van der Waals surface area contributed by atoms with Gasteiger partial charge < -0.3 is 14.7 Å². The highest BCUT2D eigenvalue weighted by Gasteiger charge is 2.52. The molecular formula is C33H26BN3. The Balaban J connectivity index is 1.46. The van der Waals surface area contributed by atoms with Gasteiger partial charge in [0.1, 0.15) is 5.66 Å². The number of rotatable bonds is 2. The molecule has 176 valence electrons. The van der Waals surface area contributed by atoms with E-state index in [2.05, 4.69) is 150 Å². The molecule has 0 atom stereocenters. The van der Waals surface area contributed by atoms with Crippen LogP contribution >= 0.6 is 0 Å². The van der Waals surface area contributed by atoms with Gasteiger partial charge in [0.25, 0.3) is 6.71 Å². The third-order valence-electron chi connectivity index (χ3n) is 8.26. The maximum absolute atomic E-state index is 2.58. The molecule has 0 saturated heterocycles. The van der Waals surface area contributed by atoms with E-state index >= 15 is 0 Å². The van der Waals surface area contributed by atoms with E-state index in [1.807, 2.05) is 0 Å². The van der Waals surface area contributed by atoms with E-state index in [1.165, 1.54) is 56.2 Å². The molecule has 3 nitrogen and oxygen atoms in total. The predicted octanol–water partition coefficient (Wildman–Crippen LogP) is 6.33. The lowest BCUT2D eigenvalue weighted by Crippen LogP contribution is -2.63. The summed E-state index contributed by atoms with van der Waals surface area (Å²) in [5.41, 5.74) is 12.6. The Morgan fingerprint density at radius 3 is 1.84 bits per heavy atom. The van der Waals surface area contributed by atoms with Gasteiger partial charge in [-0.1, -0.05) is 72.8 Å². The highest BCUT2D eigenvalue weighted by molar-refractivity contribution is 7.00. The molecule has 5 aromatic rings. The number of para-hydroxylation sites is 4. The molecular weight excluding hydrogens is 449 g/mol. The minimum atomic E-state index is -0.283. The van der Waals surface area contributed by atoms with Gasteiger partial charge >= 0.3 is 0 Å². The van der Waals surface area contributed by atoms with Crippen LogP contribution in [0.4, 0.5) is 39.8 Å². The monoisotopic (exact) mass is 475 g/mol. The molecule has 4 heteroatoms. The van der Waals surface area contributed by atoms with Crippen LogP contribution in [0.3, 0.4) is 0 Å². The standard InChI is InChI=1S/C33H26BN3/c1-33(2)36(24-15-7-4-8-16-24)30-22-11-18-26-32(30)37(33)29-21-12-20-28-31(29)34(26)25-17-9-10-19-27(25)35(28)23-13-5-3-6-14-23/h3-22H,1-2H3. The summed E-state index contributed by atoms with van der Waals surface area (Å²) in [5.74, 6) is 0. The molecule has 0 radical (unpaired) electrons. The van der Waals surface area contributed by atoms with E-state index in [-0.39, 0.29) is 12.4 Å². The molecule has 0 spiro atoms. The zero-order valence-electron chi connectivity index (χ0n) is 21.0. The number of hydrogen-bond donors (Lipinski definition) is 0. The minimum Gasteiger partial charge on any atom is -0.317 e. The van der Waals surface area contributed by atoms with Crippen LogP contribution in [-0.2, 0) is 0 Å². The van der Waals surface area contributed by atoms with Crippen molar-refractivity contribution in [3.63, 3.8) is 0 Å². The van der Waals surface area contributed by atoms with Crippen molar-refractivity contribution in [2.45, 2.75) is 19.5 Å². The average molecular weight is 475 g/mol. The Morgan fingerprint density at radius 1 is 0.486 bits per heavy atom. The summed E-state index contributed by atoms with van der Waals surface area (Å²) in [4.78, 5) is 7.53. The Bertz CT molecular complexity index is 1680. The van der Waals surface area contributed by atoms with Crippen molar-refractivity contribution in [1.82, 2.24) is 0 Å². The van der Waals surface area contributed by atoms with Gasteiger partial charge in [-0.15, -0.1) is 0 Å². The van der Waals surface area contributed by atoms with Gasteiger partial charge in [0, 0.05) is 28.4 Å². The molecule has 0 aromatic heterocycles. The summed E-state index contributed by atoms with van der Waals surface area (Å²) in [6, 6.07) is 44.2. The van der Waals surface area contributed by atoms with Crippen LogP contribution in [-0.4, -0.2) is 12.4 Å². The van der Waals surface area contributed by atoms with Crippen LogP contribution in [0.2, 0.25) is 0 Å². The average Bonchev–Trinajstić information content (AvgIpc) is 3.18. The summed E-state index contributed by atoms with van der Waals surface area (Å²) in [6.07, 6.45) is 0. The van der Waals surface area contributed by atoms with E-state index in [0.717, 1.165) is 0 Å². The van der Waals surface area contributed by atoms with Crippen molar-refractivity contribution in [3.8, 4) is 0 Å². The number of nitrogens with zero attached hydrogens (tertiary/aromatic N) is 3. The van der Waals surface area contributed by atoms with Gasteiger partial charge in [-0.3, -0.25) is 0 Å². The second kappa shape index (κ2) is 7.30. The van der Waals surface area contributed by atoms with Crippen LogP contribution in [0.15, 0.2) is 121 Å². The fraction of sp³-hybridized carbons (Fsp3) is 0.0909. The maximum atomic E-state index is 2.58.